The predicted octanol–water partition coefficient (Wildman–Crippen LogP) is 1.64. The molecule has 1 saturated heterocycles. The lowest BCUT2D eigenvalue weighted by atomic mass is 10.0. The second-order valence-electron chi connectivity index (χ2n) is 4.41. The van der Waals surface area contributed by atoms with Crippen molar-refractivity contribution in [2.75, 3.05) is 33.4 Å². The van der Waals surface area contributed by atoms with E-state index in [1.165, 1.54) is 4.90 Å². The first kappa shape index (κ1) is 14.7. The minimum absolute atomic E-state index is 0.0812. The Morgan fingerprint density at radius 3 is 2.65 bits per heavy atom. The zero-order chi connectivity index (χ0) is 12.9. The molecule has 3 nitrogen and oxygen atoms in total. The first-order valence-corrected chi connectivity index (χ1v) is 6.03. The van der Waals surface area contributed by atoms with Crippen LogP contribution in [0.4, 0.5) is 13.2 Å². The second kappa shape index (κ2) is 6.56. The number of alkyl halides is 3. The molecule has 102 valence electrons. The minimum atomic E-state index is -4.15. The van der Waals surface area contributed by atoms with Crippen LogP contribution >= 0.6 is 0 Å². The van der Waals surface area contributed by atoms with Crippen LogP contribution in [0.1, 0.15) is 19.8 Å². The highest BCUT2D eigenvalue weighted by atomic mass is 19.4. The summed E-state index contributed by atoms with van der Waals surface area (Å²) >= 11 is 0. The number of ether oxygens (including phenoxy) is 1. The van der Waals surface area contributed by atoms with Gasteiger partial charge in [0.15, 0.2) is 0 Å². The number of hydrogen-bond acceptors (Lipinski definition) is 3. The molecule has 1 rings (SSSR count). The molecule has 1 N–H and O–H groups in total. The predicted molar refractivity (Wildman–Crippen MR) is 60.0 cm³/mol. The van der Waals surface area contributed by atoms with E-state index in [1.54, 1.807) is 7.05 Å². The van der Waals surface area contributed by atoms with Crippen molar-refractivity contribution < 1.29 is 17.9 Å². The van der Waals surface area contributed by atoms with Crippen LogP contribution in [0.15, 0.2) is 0 Å². The Labute approximate surface area is 100 Å². The zero-order valence-corrected chi connectivity index (χ0v) is 10.4. The summed E-state index contributed by atoms with van der Waals surface area (Å²) in [6.45, 7) is 2.48. The Morgan fingerprint density at radius 1 is 1.41 bits per heavy atom. The van der Waals surface area contributed by atoms with Gasteiger partial charge in [-0.05, 0) is 26.4 Å². The van der Waals surface area contributed by atoms with Crippen molar-refractivity contribution in [3.8, 4) is 0 Å². The average molecular weight is 254 g/mol. The van der Waals surface area contributed by atoms with Crippen molar-refractivity contribution in [1.29, 1.82) is 0 Å². The molecule has 1 fully saturated rings. The summed E-state index contributed by atoms with van der Waals surface area (Å²) in [5.41, 5.74) is 0. The summed E-state index contributed by atoms with van der Waals surface area (Å²) < 4.78 is 42.8. The minimum Gasteiger partial charge on any atom is -0.380 e. The number of halogens is 3. The normalized spacial score (nSPS) is 26.5. The number of nitrogens with zero attached hydrogens (tertiary/aromatic N) is 1. The van der Waals surface area contributed by atoms with Gasteiger partial charge in [-0.15, -0.1) is 0 Å². The maximum absolute atomic E-state index is 12.5. The first-order valence-electron chi connectivity index (χ1n) is 6.03. The van der Waals surface area contributed by atoms with Crippen LogP contribution in [0, 0.1) is 0 Å². The maximum atomic E-state index is 12.5. The first-order chi connectivity index (χ1) is 7.98. The highest BCUT2D eigenvalue weighted by molar-refractivity contribution is 4.87. The lowest BCUT2D eigenvalue weighted by Gasteiger charge is -2.39. The van der Waals surface area contributed by atoms with E-state index < -0.39 is 12.7 Å². The van der Waals surface area contributed by atoms with Crippen LogP contribution in [0.25, 0.3) is 0 Å². The Hall–Kier alpha value is -0.330. The zero-order valence-electron chi connectivity index (χ0n) is 10.4. The molecule has 1 aliphatic rings. The summed E-state index contributed by atoms with van der Waals surface area (Å²) in [7, 11) is 1.79. The van der Waals surface area contributed by atoms with Crippen LogP contribution in [-0.4, -0.2) is 56.5 Å². The molecule has 6 heteroatoms. The van der Waals surface area contributed by atoms with Crippen LogP contribution < -0.4 is 5.32 Å². The Bertz CT molecular complexity index is 223. The SMILES string of the molecule is CCCN(CC(F)(F)F)C1COCCC1NC. The molecule has 0 aliphatic carbocycles. The van der Waals surface area contributed by atoms with E-state index in [2.05, 4.69) is 5.32 Å². The van der Waals surface area contributed by atoms with Crippen molar-refractivity contribution in [3.05, 3.63) is 0 Å². The summed E-state index contributed by atoms with van der Waals surface area (Å²) in [6.07, 6.45) is -2.67. The van der Waals surface area contributed by atoms with E-state index in [-0.39, 0.29) is 12.1 Å². The molecule has 0 radical (unpaired) electrons. The van der Waals surface area contributed by atoms with E-state index in [0.717, 1.165) is 6.42 Å². The molecule has 0 amide bonds. The largest absolute Gasteiger partial charge is 0.401 e. The molecule has 1 aliphatic heterocycles. The molecule has 0 bridgehead atoms. The van der Waals surface area contributed by atoms with Gasteiger partial charge in [0, 0.05) is 18.7 Å². The molecule has 0 saturated carbocycles. The van der Waals surface area contributed by atoms with Gasteiger partial charge in [-0.3, -0.25) is 4.90 Å². The van der Waals surface area contributed by atoms with Gasteiger partial charge in [-0.2, -0.15) is 13.2 Å². The van der Waals surface area contributed by atoms with Crippen LogP contribution in [0.5, 0.6) is 0 Å². The van der Waals surface area contributed by atoms with E-state index in [4.69, 9.17) is 4.74 Å². The average Bonchev–Trinajstić information content (AvgIpc) is 2.27. The van der Waals surface area contributed by atoms with Gasteiger partial charge in [0.2, 0.25) is 0 Å². The fourth-order valence-corrected chi connectivity index (χ4v) is 2.30. The molecule has 2 unspecified atom stereocenters. The molecular formula is C11H21F3N2O. The number of nitrogens with one attached hydrogen (secondary N) is 1. The van der Waals surface area contributed by atoms with Gasteiger partial charge in [0.25, 0.3) is 0 Å². The molecule has 0 aromatic carbocycles. The van der Waals surface area contributed by atoms with Crippen molar-refractivity contribution in [2.24, 2.45) is 0 Å². The fourth-order valence-electron chi connectivity index (χ4n) is 2.30. The van der Waals surface area contributed by atoms with Gasteiger partial charge < -0.3 is 10.1 Å². The third-order valence-electron chi connectivity index (χ3n) is 3.06. The van der Waals surface area contributed by atoms with Gasteiger partial charge in [-0.1, -0.05) is 6.92 Å². The monoisotopic (exact) mass is 254 g/mol. The van der Waals surface area contributed by atoms with Crippen molar-refractivity contribution >= 4 is 0 Å². The highest BCUT2D eigenvalue weighted by Crippen LogP contribution is 2.22. The smallest absolute Gasteiger partial charge is 0.380 e. The molecule has 1 heterocycles. The molecular weight excluding hydrogens is 233 g/mol. The van der Waals surface area contributed by atoms with E-state index in [9.17, 15) is 13.2 Å². The fraction of sp³-hybridized carbons (Fsp3) is 1.00. The van der Waals surface area contributed by atoms with Crippen LogP contribution in [0.2, 0.25) is 0 Å². The quantitative estimate of drug-likeness (QED) is 0.807. The number of likely N-dealkylation sites (N-methyl/N-ethyl adjacent to an activating group) is 1. The van der Waals surface area contributed by atoms with E-state index >= 15 is 0 Å². The maximum Gasteiger partial charge on any atom is 0.401 e. The Morgan fingerprint density at radius 2 is 2.12 bits per heavy atom. The summed E-state index contributed by atoms with van der Waals surface area (Å²) in [5.74, 6) is 0. The molecule has 0 spiro atoms. The van der Waals surface area contributed by atoms with E-state index in [0.29, 0.717) is 26.2 Å². The lowest BCUT2D eigenvalue weighted by molar-refractivity contribution is -0.157. The molecule has 2 atom stereocenters. The van der Waals surface area contributed by atoms with Crippen LogP contribution in [-0.2, 0) is 4.74 Å². The third kappa shape index (κ3) is 4.81. The van der Waals surface area contributed by atoms with Crippen molar-refractivity contribution in [2.45, 2.75) is 38.0 Å². The second-order valence-corrected chi connectivity index (χ2v) is 4.41. The highest BCUT2D eigenvalue weighted by Gasteiger charge is 2.37. The van der Waals surface area contributed by atoms with Crippen molar-refractivity contribution in [3.63, 3.8) is 0 Å². The lowest BCUT2D eigenvalue weighted by Crippen LogP contribution is -2.56. The standard InChI is InChI=1S/C11H21F3N2O/c1-3-5-16(8-11(12,13)14)10-7-17-6-4-9(10)15-2/h9-10,15H,3-8H2,1-2H3. The summed E-state index contributed by atoms with van der Waals surface area (Å²) in [4.78, 5) is 1.49. The van der Waals surface area contributed by atoms with Gasteiger partial charge >= 0.3 is 6.18 Å². The van der Waals surface area contributed by atoms with Crippen LogP contribution in [0.3, 0.4) is 0 Å². The van der Waals surface area contributed by atoms with Gasteiger partial charge in [0.1, 0.15) is 0 Å². The Kier molecular flexibility index (Phi) is 5.69. The molecule has 17 heavy (non-hydrogen) atoms. The number of rotatable bonds is 5. The van der Waals surface area contributed by atoms with Crippen molar-refractivity contribution in [1.82, 2.24) is 10.2 Å². The van der Waals surface area contributed by atoms with E-state index in [1.807, 2.05) is 6.92 Å². The topological polar surface area (TPSA) is 24.5 Å². The van der Waals surface area contributed by atoms with Gasteiger partial charge in [-0.25, -0.2) is 0 Å². The molecule has 0 aromatic heterocycles. The summed E-state index contributed by atoms with van der Waals surface area (Å²) in [6, 6.07) is -0.104. The Balaban J connectivity index is 2.66. The van der Waals surface area contributed by atoms with Gasteiger partial charge in [0.05, 0.1) is 13.2 Å². The molecule has 0 aromatic rings. The summed E-state index contributed by atoms with van der Waals surface area (Å²) in [5, 5.41) is 3.09. The third-order valence-corrected chi connectivity index (χ3v) is 3.06. The number of hydrogen-bond donors (Lipinski definition) is 1.